The second kappa shape index (κ2) is 5.62. The van der Waals surface area contributed by atoms with Crippen molar-refractivity contribution in [1.29, 1.82) is 0 Å². The first kappa shape index (κ1) is 14.3. The molecule has 2 nitrogen and oxygen atoms in total. The summed E-state index contributed by atoms with van der Waals surface area (Å²) in [5.74, 6) is 0.174. The third-order valence-corrected chi connectivity index (χ3v) is 6.93. The molecule has 2 aromatic heterocycles. The van der Waals surface area contributed by atoms with Gasteiger partial charge in [0, 0.05) is 11.4 Å². The number of hydrogen-bond acceptors (Lipinski definition) is 3. The number of nitrogens with zero attached hydrogens (tertiary/aromatic N) is 1. The Hall–Kier alpha value is -0.650. The number of rotatable bonds is 2. The topological polar surface area (TPSA) is 20.3 Å². The van der Waals surface area contributed by atoms with Gasteiger partial charge < -0.3 is 4.90 Å². The minimum absolute atomic E-state index is 0.174. The van der Waals surface area contributed by atoms with E-state index in [1.54, 1.807) is 11.3 Å². The molecule has 0 bridgehead atoms. The Morgan fingerprint density at radius 2 is 2.35 bits per heavy atom. The average Bonchev–Trinajstić information content (AvgIpc) is 3.04. The summed E-state index contributed by atoms with van der Waals surface area (Å²) in [6, 6.07) is 4.41. The zero-order chi connectivity index (χ0) is 14.3. The Labute approximate surface area is 135 Å². The number of carbonyl (C=O) groups excluding carboxylic acids is 1. The number of halogens is 1. The predicted molar refractivity (Wildman–Crippen MR) is 88.8 cm³/mol. The highest BCUT2D eigenvalue weighted by molar-refractivity contribution is 9.11. The van der Waals surface area contributed by atoms with E-state index in [-0.39, 0.29) is 11.9 Å². The van der Waals surface area contributed by atoms with Crippen LogP contribution in [0.1, 0.15) is 45.1 Å². The highest BCUT2D eigenvalue weighted by Gasteiger charge is 2.31. The second-order valence-corrected chi connectivity index (χ2v) is 8.41. The van der Waals surface area contributed by atoms with Gasteiger partial charge in [0.1, 0.15) is 0 Å². The van der Waals surface area contributed by atoms with Gasteiger partial charge >= 0.3 is 0 Å². The number of amides is 1. The van der Waals surface area contributed by atoms with Crippen molar-refractivity contribution >= 4 is 44.5 Å². The maximum absolute atomic E-state index is 12.8. The van der Waals surface area contributed by atoms with Gasteiger partial charge in [-0.15, -0.1) is 22.7 Å². The van der Waals surface area contributed by atoms with E-state index >= 15 is 0 Å². The molecular formula is C15H16BrNOS2. The predicted octanol–water partition coefficient (Wildman–Crippen LogP) is 5.03. The largest absolute Gasteiger partial charge is 0.331 e. The fourth-order valence-electron chi connectivity index (χ4n) is 2.79. The van der Waals surface area contributed by atoms with Crippen molar-refractivity contribution in [1.82, 2.24) is 4.90 Å². The molecule has 1 unspecified atom stereocenters. The molecular weight excluding hydrogens is 354 g/mol. The lowest BCUT2D eigenvalue weighted by Gasteiger charge is -2.35. The maximum atomic E-state index is 12.8. The number of carbonyl (C=O) groups is 1. The number of hydrogen-bond donors (Lipinski definition) is 0. The van der Waals surface area contributed by atoms with Crippen molar-refractivity contribution in [2.75, 3.05) is 6.54 Å². The lowest BCUT2D eigenvalue weighted by molar-refractivity contribution is 0.0662. The van der Waals surface area contributed by atoms with Crippen molar-refractivity contribution in [2.45, 2.75) is 32.7 Å². The molecule has 1 aliphatic rings. The van der Waals surface area contributed by atoms with Crippen LogP contribution in [-0.2, 0) is 6.42 Å². The molecule has 106 valence electrons. The minimum Gasteiger partial charge on any atom is -0.331 e. The van der Waals surface area contributed by atoms with Crippen LogP contribution >= 0.6 is 38.6 Å². The standard InChI is InChI=1S/C15H16BrNOS2/c1-3-11-10-5-7-19-12(10)4-6-17(11)15(18)13-8-9(2)14(16)20-13/h5,7-8,11H,3-4,6H2,1-2H3. The number of thiophene rings is 2. The van der Waals surface area contributed by atoms with E-state index in [4.69, 9.17) is 0 Å². The zero-order valence-electron chi connectivity index (χ0n) is 11.5. The first-order chi connectivity index (χ1) is 9.61. The van der Waals surface area contributed by atoms with E-state index in [0.717, 1.165) is 33.6 Å². The van der Waals surface area contributed by atoms with Gasteiger partial charge in [-0.25, -0.2) is 0 Å². The number of aryl methyl sites for hydroxylation is 1. The van der Waals surface area contributed by atoms with Crippen LogP contribution < -0.4 is 0 Å². The average molecular weight is 370 g/mol. The molecule has 3 rings (SSSR count). The molecule has 0 spiro atoms. The van der Waals surface area contributed by atoms with Gasteiger partial charge in [0.05, 0.1) is 14.7 Å². The van der Waals surface area contributed by atoms with E-state index in [2.05, 4.69) is 34.3 Å². The van der Waals surface area contributed by atoms with Gasteiger partial charge in [0.15, 0.2) is 0 Å². The third-order valence-electron chi connectivity index (χ3n) is 3.81. The van der Waals surface area contributed by atoms with Crippen LogP contribution in [0.5, 0.6) is 0 Å². The van der Waals surface area contributed by atoms with E-state index in [1.165, 1.54) is 10.4 Å². The summed E-state index contributed by atoms with van der Waals surface area (Å²) in [5, 5.41) is 2.15. The van der Waals surface area contributed by atoms with Crippen LogP contribution in [0.4, 0.5) is 0 Å². The first-order valence-corrected chi connectivity index (χ1v) is 9.24. The lowest BCUT2D eigenvalue weighted by atomic mass is 9.97. The smallest absolute Gasteiger partial charge is 0.264 e. The molecule has 1 atom stereocenters. The lowest BCUT2D eigenvalue weighted by Crippen LogP contribution is -2.39. The van der Waals surface area contributed by atoms with Crippen molar-refractivity contribution in [3.05, 3.63) is 42.2 Å². The van der Waals surface area contributed by atoms with Gasteiger partial charge in [-0.1, -0.05) is 6.92 Å². The van der Waals surface area contributed by atoms with Crippen LogP contribution in [0.25, 0.3) is 0 Å². The molecule has 0 aliphatic carbocycles. The molecule has 0 N–H and O–H groups in total. The highest BCUT2D eigenvalue weighted by Crippen LogP contribution is 2.37. The monoisotopic (exact) mass is 369 g/mol. The quantitative estimate of drug-likeness (QED) is 0.726. The summed E-state index contributed by atoms with van der Waals surface area (Å²) < 4.78 is 1.06. The summed E-state index contributed by atoms with van der Waals surface area (Å²) in [6.07, 6.45) is 1.96. The molecule has 0 saturated heterocycles. The normalized spacial score (nSPS) is 18.1. The van der Waals surface area contributed by atoms with Crippen molar-refractivity contribution in [3.8, 4) is 0 Å². The molecule has 1 aliphatic heterocycles. The molecule has 0 radical (unpaired) electrons. The maximum Gasteiger partial charge on any atom is 0.264 e. The molecule has 3 heterocycles. The second-order valence-electron chi connectivity index (χ2n) is 5.04. The van der Waals surface area contributed by atoms with E-state index in [9.17, 15) is 4.79 Å². The molecule has 1 amide bonds. The number of fused-ring (bicyclic) bond motifs is 1. The molecule has 0 fully saturated rings. The summed E-state index contributed by atoms with van der Waals surface area (Å²) in [5.41, 5.74) is 2.49. The van der Waals surface area contributed by atoms with Crippen LogP contribution in [0.3, 0.4) is 0 Å². The van der Waals surface area contributed by atoms with E-state index < -0.39 is 0 Å². The molecule has 2 aromatic rings. The minimum atomic E-state index is 0.174. The molecule has 0 aromatic carbocycles. The van der Waals surface area contributed by atoms with Crippen molar-refractivity contribution in [2.24, 2.45) is 0 Å². The summed E-state index contributed by atoms with van der Waals surface area (Å²) in [4.78, 5) is 17.1. The first-order valence-electron chi connectivity index (χ1n) is 6.75. The summed E-state index contributed by atoms with van der Waals surface area (Å²) >= 11 is 6.87. The summed E-state index contributed by atoms with van der Waals surface area (Å²) in [6.45, 7) is 5.02. The van der Waals surface area contributed by atoms with E-state index in [0.29, 0.717) is 0 Å². The Morgan fingerprint density at radius 3 is 3.00 bits per heavy atom. The van der Waals surface area contributed by atoms with Crippen molar-refractivity contribution < 1.29 is 4.79 Å². The Kier molecular flexibility index (Phi) is 4.02. The van der Waals surface area contributed by atoms with Gasteiger partial charge in [-0.05, 0) is 64.3 Å². The Balaban J connectivity index is 1.92. The van der Waals surface area contributed by atoms with Crippen LogP contribution in [0, 0.1) is 6.92 Å². The molecule has 5 heteroatoms. The van der Waals surface area contributed by atoms with Gasteiger partial charge in [0.2, 0.25) is 0 Å². The fraction of sp³-hybridized carbons (Fsp3) is 0.400. The van der Waals surface area contributed by atoms with Crippen LogP contribution in [-0.4, -0.2) is 17.4 Å². The SMILES string of the molecule is CCC1c2ccsc2CCN1C(=O)c1cc(C)c(Br)s1. The summed E-state index contributed by atoms with van der Waals surface area (Å²) in [7, 11) is 0. The van der Waals surface area contributed by atoms with Crippen molar-refractivity contribution in [3.63, 3.8) is 0 Å². The zero-order valence-corrected chi connectivity index (χ0v) is 14.7. The molecule has 20 heavy (non-hydrogen) atoms. The Morgan fingerprint density at radius 1 is 1.55 bits per heavy atom. The van der Waals surface area contributed by atoms with Gasteiger partial charge in [0.25, 0.3) is 5.91 Å². The third kappa shape index (κ3) is 2.36. The highest BCUT2D eigenvalue weighted by atomic mass is 79.9. The van der Waals surface area contributed by atoms with Crippen LogP contribution in [0.2, 0.25) is 0 Å². The van der Waals surface area contributed by atoms with Crippen LogP contribution in [0.15, 0.2) is 21.3 Å². The fourth-order valence-corrected chi connectivity index (χ4v) is 5.21. The van der Waals surface area contributed by atoms with Gasteiger partial charge in [-0.3, -0.25) is 4.79 Å². The van der Waals surface area contributed by atoms with Gasteiger partial charge in [-0.2, -0.15) is 0 Å². The van der Waals surface area contributed by atoms with E-state index in [1.807, 2.05) is 29.2 Å². The molecule has 0 saturated carbocycles. The Bertz CT molecular complexity index is 627.